The highest BCUT2D eigenvalue weighted by Gasteiger charge is 2.38. The summed E-state index contributed by atoms with van der Waals surface area (Å²) in [5, 5.41) is 16.8. The van der Waals surface area contributed by atoms with Crippen molar-refractivity contribution in [2.45, 2.75) is 36.6 Å². The van der Waals surface area contributed by atoms with E-state index in [2.05, 4.69) is 14.7 Å². The van der Waals surface area contributed by atoms with E-state index >= 15 is 0 Å². The summed E-state index contributed by atoms with van der Waals surface area (Å²) in [6.07, 6.45) is 6.55. The summed E-state index contributed by atoms with van der Waals surface area (Å²) in [5.41, 5.74) is 0.452. The van der Waals surface area contributed by atoms with Crippen LogP contribution < -0.4 is 5.32 Å². The van der Waals surface area contributed by atoms with Crippen molar-refractivity contribution < 1.29 is 18.3 Å². The number of carbonyl (C=O) groups is 1. The topological polar surface area (TPSA) is 117 Å². The lowest BCUT2D eigenvalue weighted by atomic mass is 9.98. The Kier molecular flexibility index (Phi) is 8.37. The molecule has 4 aromatic carbocycles. The van der Waals surface area contributed by atoms with E-state index in [-0.39, 0.29) is 11.4 Å². The van der Waals surface area contributed by atoms with E-state index in [1.807, 2.05) is 59.1 Å². The molecule has 0 saturated heterocycles. The average molecular weight is 614 g/mol. The second kappa shape index (κ2) is 12.5. The number of unbranched alkanes of at least 4 members (excludes halogenated alkanes) is 3. The third-order valence-corrected chi connectivity index (χ3v) is 10.3. The molecule has 2 N–H and O–H groups in total. The predicted octanol–water partition coefficient (Wildman–Crippen LogP) is 6.59. The number of carboxylic acids is 1. The third-order valence-electron chi connectivity index (χ3n) is 7.61. The number of carboxylic acid groups (broad SMARTS) is 1. The van der Waals surface area contributed by atoms with Crippen LogP contribution in [0.15, 0.2) is 102 Å². The van der Waals surface area contributed by atoms with E-state index in [9.17, 15) is 18.3 Å². The number of sulfonamides is 1. The maximum Gasteiger partial charge on any atom is 0.326 e. The first-order valence-corrected chi connectivity index (χ1v) is 16.4. The molecule has 2 heterocycles. The Morgan fingerprint density at radius 3 is 2.35 bits per heavy atom. The smallest absolute Gasteiger partial charge is 0.326 e. The molecule has 2 aromatic heterocycles. The monoisotopic (exact) mass is 613 g/mol. The van der Waals surface area contributed by atoms with Gasteiger partial charge in [-0.15, -0.1) is 0 Å². The van der Waals surface area contributed by atoms with Gasteiger partial charge in [0.15, 0.2) is 0 Å². The fourth-order valence-electron chi connectivity index (χ4n) is 5.55. The molecule has 0 aliphatic rings. The Morgan fingerprint density at radius 1 is 0.884 bits per heavy atom. The lowest BCUT2D eigenvalue weighted by Gasteiger charge is -2.30. The molecular formula is C32H31N5O4S2. The van der Waals surface area contributed by atoms with Crippen LogP contribution in [0.5, 0.6) is 0 Å². The van der Waals surface area contributed by atoms with Crippen molar-refractivity contribution in [1.82, 2.24) is 18.1 Å². The summed E-state index contributed by atoms with van der Waals surface area (Å²) < 4.78 is 36.3. The normalized spacial score (nSPS) is 12.8. The second-order valence-electron chi connectivity index (χ2n) is 10.3. The van der Waals surface area contributed by atoms with Gasteiger partial charge in [0.05, 0.1) is 4.90 Å². The highest BCUT2D eigenvalue weighted by atomic mass is 32.2. The molecule has 0 amide bonds. The van der Waals surface area contributed by atoms with Gasteiger partial charge in [-0.1, -0.05) is 91.7 Å². The van der Waals surface area contributed by atoms with Crippen molar-refractivity contribution in [2.24, 2.45) is 0 Å². The van der Waals surface area contributed by atoms with Crippen LogP contribution in [0.25, 0.3) is 26.5 Å². The number of hydrogen-bond acceptors (Lipinski definition) is 7. The zero-order valence-corrected chi connectivity index (χ0v) is 25.0. The fraction of sp³-hybridized carbons (Fsp3) is 0.219. The van der Waals surface area contributed by atoms with Crippen molar-refractivity contribution in [1.29, 1.82) is 0 Å². The first-order chi connectivity index (χ1) is 20.9. The molecule has 11 heteroatoms. The van der Waals surface area contributed by atoms with Gasteiger partial charge in [0.2, 0.25) is 20.9 Å². The molecule has 1 atom stereocenters. The third kappa shape index (κ3) is 5.83. The maximum atomic E-state index is 14.4. The van der Waals surface area contributed by atoms with Crippen LogP contribution in [0.3, 0.4) is 0 Å². The number of fused-ring (bicyclic) bond motifs is 3. The van der Waals surface area contributed by atoms with Crippen LogP contribution in [0.1, 0.15) is 37.3 Å². The zero-order chi connectivity index (χ0) is 29.8. The van der Waals surface area contributed by atoms with E-state index in [0.29, 0.717) is 23.9 Å². The molecule has 0 radical (unpaired) electrons. The highest BCUT2D eigenvalue weighted by Crippen LogP contribution is 2.35. The molecule has 0 spiro atoms. The van der Waals surface area contributed by atoms with Crippen LogP contribution in [0.4, 0.5) is 5.95 Å². The van der Waals surface area contributed by atoms with Gasteiger partial charge >= 0.3 is 5.97 Å². The molecule has 6 aromatic rings. The molecular weight excluding hydrogens is 583 g/mol. The van der Waals surface area contributed by atoms with Crippen LogP contribution in [0, 0.1) is 0 Å². The molecule has 220 valence electrons. The van der Waals surface area contributed by atoms with Gasteiger partial charge in [-0.3, -0.25) is 9.20 Å². The van der Waals surface area contributed by atoms with Gasteiger partial charge in [-0.2, -0.15) is 8.68 Å². The van der Waals surface area contributed by atoms with Crippen molar-refractivity contribution in [3.63, 3.8) is 0 Å². The summed E-state index contributed by atoms with van der Waals surface area (Å²) in [7, 11) is -4.21. The van der Waals surface area contributed by atoms with Crippen LogP contribution in [-0.4, -0.2) is 50.6 Å². The number of imidazole rings is 1. The van der Waals surface area contributed by atoms with E-state index in [1.165, 1.54) is 15.8 Å². The molecule has 1 unspecified atom stereocenters. The lowest BCUT2D eigenvalue weighted by molar-refractivity contribution is -0.141. The van der Waals surface area contributed by atoms with Crippen molar-refractivity contribution in [2.75, 3.05) is 18.4 Å². The van der Waals surface area contributed by atoms with Crippen molar-refractivity contribution >= 4 is 60.0 Å². The number of anilines is 1. The van der Waals surface area contributed by atoms with Gasteiger partial charge in [-0.05, 0) is 40.6 Å². The standard InChI is InChI=1S/C32H31N5O4S2/c38-30(39)29(27-17-9-13-23-11-3-5-15-25(23)27)37(43(40,41)28-18-10-14-24-12-4-6-16-26(24)28)21-8-2-1-7-19-33-31-35-42-32-34-20-22-36(31)32/h3-6,9-18,20,22,29H,1-2,7-8,19,21H2,(H,33,35)(H,38,39). The van der Waals surface area contributed by atoms with E-state index < -0.39 is 22.0 Å². The van der Waals surface area contributed by atoms with Gasteiger partial charge in [0.1, 0.15) is 6.04 Å². The minimum atomic E-state index is -4.21. The molecule has 6 rings (SSSR count). The Hall–Kier alpha value is -4.32. The summed E-state index contributed by atoms with van der Waals surface area (Å²) in [6, 6.07) is 23.9. The minimum Gasteiger partial charge on any atom is -0.480 e. The van der Waals surface area contributed by atoms with Gasteiger partial charge in [0.25, 0.3) is 0 Å². The first-order valence-electron chi connectivity index (χ1n) is 14.2. The second-order valence-corrected chi connectivity index (χ2v) is 12.9. The Labute approximate surface area is 253 Å². The van der Waals surface area contributed by atoms with E-state index in [1.54, 1.807) is 42.6 Å². The van der Waals surface area contributed by atoms with Crippen LogP contribution >= 0.6 is 11.5 Å². The molecule has 0 aliphatic heterocycles. The first kappa shape index (κ1) is 28.8. The van der Waals surface area contributed by atoms with Gasteiger partial charge in [-0.25, -0.2) is 13.4 Å². The number of benzene rings is 4. The van der Waals surface area contributed by atoms with Crippen LogP contribution in [0.2, 0.25) is 0 Å². The molecule has 43 heavy (non-hydrogen) atoms. The molecule has 0 fully saturated rings. The maximum absolute atomic E-state index is 14.4. The molecule has 0 aliphatic carbocycles. The van der Waals surface area contributed by atoms with Crippen molar-refractivity contribution in [3.05, 3.63) is 103 Å². The highest BCUT2D eigenvalue weighted by molar-refractivity contribution is 7.89. The number of rotatable bonds is 13. The molecule has 0 saturated carbocycles. The summed E-state index contributed by atoms with van der Waals surface area (Å²) in [6.45, 7) is 0.781. The molecule has 0 bridgehead atoms. The number of nitrogens with zero attached hydrogens (tertiary/aromatic N) is 4. The van der Waals surface area contributed by atoms with E-state index in [4.69, 9.17) is 0 Å². The van der Waals surface area contributed by atoms with E-state index in [0.717, 1.165) is 46.3 Å². The Bertz CT molecular complexity index is 1990. The number of aliphatic carboxylic acids is 1. The fourth-order valence-corrected chi connectivity index (χ4v) is 8.03. The summed E-state index contributed by atoms with van der Waals surface area (Å²) >= 11 is 1.33. The summed E-state index contributed by atoms with van der Waals surface area (Å²) in [5.74, 6) is -0.456. The zero-order valence-electron chi connectivity index (χ0n) is 23.3. The number of hydrogen-bond donors (Lipinski definition) is 2. The Morgan fingerprint density at radius 2 is 1.56 bits per heavy atom. The SMILES string of the molecule is O=C(O)C(c1cccc2ccccc12)N(CCCCCCNc1nsc2nccn12)S(=O)(=O)c1cccc2ccccc12. The quantitative estimate of drug-likeness (QED) is 0.141. The van der Waals surface area contributed by atoms with Crippen molar-refractivity contribution in [3.8, 4) is 0 Å². The van der Waals surface area contributed by atoms with Gasteiger partial charge < -0.3 is 10.4 Å². The van der Waals surface area contributed by atoms with Gasteiger partial charge in [0, 0.05) is 42.4 Å². The average Bonchev–Trinajstić information content (AvgIpc) is 3.64. The minimum absolute atomic E-state index is 0.0704. The number of aromatic nitrogens is 3. The predicted molar refractivity (Wildman–Crippen MR) is 170 cm³/mol. The largest absolute Gasteiger partial charge is 0.480 e. The molecule has 9 nitrogen and oxygen atoms in total. The van der Waals surface area contributed by atoms with Crippen LogP contribution in [-0.2, 0) is 14.8 Å². The Balaban J connectivity index is 1.25. The number of nitrogens with one attached hydrogen (secondary N) is 1. The lowest BCUT2D eigenvalue weighted by Crippen LogP contribution is -2.40. The summed E-state index contributed by atoms with van der Waals surface area (Å²) in [4.78, 5) is 18.1.